The molecule has 2 amide bonds. The third kappa shape index (κ3) is 5.91. The van der Waals surface area contributed by atoms with E-state index in [2.05, 4.69) is 20.0 Å². The van der Waals surface area contributed by atoms with Gasteiger partial charge in [0, 0.05) is 16.6 Å². The quantitative estimate of drug-likeness (QED) is 0.400. The topological polar surface area (TPSA) is 107 Å². The van der Waals surface area contributed by atoms with Gasteiger partial charge in [-0.25, -0.2) is 9.97 Å². The summed E-state index contributed by atoms with van der Waals surface area (Å²) < 4.78 is 40.7. The van der Waals surface area contributed by atoms with Crippen molar-refractivity contribution in [3.05, 3.63) is 95.4 Å². The molecule has 3 N–H and O–H groups in total. The zero-order valence-electron chi connectivity index (χ0n) is 18.2. The number of aromatic nitrogens is 2. The molecular weight excluding hydrogens is 461 g/mol. The number of ether oxygens (including phenoxy) is 1. The fourth-order valence-electron chi connectivity index (χ4n) is 3.62. The van der Waals surface area contributed by atoms with Gasteiger partial charge in [-0.1, -0.05) is 24.3 Å². The van der Waals surface area contributed by atoms with Gasteiger partial charge >= 0.3 is 6.36 Å². The lowest BCUT2D eigenvalue weighted by Gasteiger charge is -2.10. The van der Waals surface area contributed by atoms with Crippen LogP contribution in [-0.2, 0) is 12.8 Å². The number of hydrogen-bond acceptors (Lipinski definition) is 5. The number of anilines is 1. The first-order valence-electron chi connectivity index (χ1n) is 10.5. The van der Waals surface area contributed by atoms with Crippen molar-refractivity contribution in [3.63, 3.8) is 0 Å². The normalized spacial score (nSPS) is 11.3. The molecule has 4 rings (SSSR count). The molecule has 0 unspecified atom stereocenters. The highest BCUT2D eigenvalue weighted by molar-refractivity contribution is 6.05. The molecule has 1 aromatic heterocycles. The SMILES string of the molecule is NC(=O)c1cccc2c(CCc3cccc(NC(=O)c4ccc(OC(F)(F)F)cc4)c3)ncnc12. The van der Waals surface area contributed by atoms with Crippen molar-refractivity contribution in [2.45, 2.75) is 19.2 Å². The van der Waals surface area contributed by atoms with E-state index in [9.17, 15) is 22.8 Å². The van der Waals surface area contributed by atoms with Crippen LogP contribution in [0.4, 0.5) is 18.9 Å². The number of carbonyl (C=O) groups excluding carboxylic acids is 2. The molecule has 0 aliphatic rings. The number of para-hydroxylation sites is 1. The minimum Gasteiger partial charge on any atom is -0.406 e. The lowest BCUT2D eigenvalue weighted by atomic mass is 10.0. The average Bonchev–Trinajstić information content (AvgIpc) is 2.82. The Morgan fingerprint density at radius 2 is 1.69 bits per heavy atom. The van der Waals surface area contributed by atoms with Gasteiger partial charge in [0.05, 0.1) is 16.8 Å². The van der Waals surface area contributed by atoms with E-state index < -0.39 is 23.9 Å². The molecule has 4 aromatic rings. The molecule has 0 aliphatic carbocycles. The molecule has 10 heteroatoms. The molecule has 0 aliphatic heterocycles. The molecule has 178 valence electrons. The van der Waals surface area contributed by atoms with E-state index in [1.807, 2.05) is 12.1 Å². The van der Waals surface area contributed by atoms with Crippen LogP contribution in [0, 0.1) is 0 Å². The molecule has 35 heavy (non-hydrogen) atoms. The summed E-state index contributed by atoms with van der Waals surface area (Å²) in [5, 5.41) is 3.48. The molecule has 0 atom stereocenters. The van der Waals surface area contributed by atoms with Crippen molar-refractivity contribution in [2.75, 3.05) is 5.32 Å². The third-order valence-electron chi connectivity index (χ3n) is 5.20. The smallest absolute Gasteiger partial charge is 0.406 e. The Morgan fingerprint density at radius 3 is 2.40 bits per heavy atom. The van der Waals surface area contributed by atoms with Crippen LogP contribution in [0.3, 0.4) is 0 Å². The number of alkyl halides is 3. The van der Waals surface area contributed by atoms with Crippen LogP contribution in [0.5, 0.6) is 5.75 Å². The first kappa shape index (κ1) is 23.7. The molecule has 7 nitrogen and oxygen atoms in total. The second-order valence-electron chi connectivity index (χ2n) is 7.61. The Kier molecular flexibility index (Phi) is 6.63. The van der Waals surface area contributed by atoms with Gasteiger partial charge in [0.25, 0.3) is 11.8 Å². The lowest BCUT2D eigenvalue weighted by Crippen LogP contribution is -2.17. The van der Waals surface area contributed by atoms with Crippen molar-refractivity contribution in [2.24, 2.45) is 5.73 Å². The lowest BCUT2D eigenvalue weighted by molar-refractivity contribution is -0.274. The van der Waals surface area contributed by atoms with Gasteiger partial charge in [-0.3, -0.25) is 9.59 Å². The Balaban J connectivity index is 1.44. The number of nitrogens with one attached hydrogen (secondary N) is 1. The number of rotatable bonds is 7. The number of nitrogens with two attached hydrogens (primary N) is 1. The molecule has 0 saturated heterocycles. The highest BCUT2D eigenvalue weighted by atomic mass is 19.4. The summed E-state index contributed by atoms with van der Waals surface area (Å²) in [5.41, 5.74) is 8.67. The van der Waals surface area contributed by atoms with Crippen molar-refractivity contribution >= 4 is 28.4 Å². The van der Waals surface area contributed by atoms with E-state index in [1.165, 1.54) is 18.5 Å². The number of amides is 2. The zero-order valence-corrected chi connectivity index (χ0v) is 18.2. The minimum absolute atomic E-state index is 0.183. The Labute approximate surface area is 197 Å². The Bertz CT molecular complexity index is 1390. The maximum absolute atomic E-state index is 12.5. The number of carbonyl (C=O) groups is 2. The molecule has 1 heterocycles. The van der Waals surface area contributed by atoms with Crippen LogP contribution in [0.25, 0.3) is 10.9 Å². The van der Waals surface area contributed by atoms with Crippen LogP contribution >= 0.6 is 0 Å². The number of hydrogen-bond donors (Lipinski definition) is 2. The van der Waals surface area contributed by atoms with Crippen molar-refractivity contribution in [3.8, 4) is 5.75 Å². The number of primary amides is 1. The van der Waals surface area contributed by atoms with Gasteiger partial charge in [0.2, 0.25) is 0 Å². The molecule has 0 saturated carbocycles. The summed E-state index contributed by atoms with van der Waals surface area (Å²) in [6.07, 6.45) is -2.25. The highest BCUT2D eigenvalue weighted by Gasteiger charge is 2.31. The van der Waals surface area contributed by atoms with Crippen molar-refractivity contribution in [1.82, 2.24) is 9.97 Å². The highest BCUT2D eigenvalue weighted by Crippen LogP contribution is 2.24. The van der Waals surface area contributed by atoms with E-state index in [0.29, 0.717) is 29.6 Å². The van der Waals surface area contributed by atoms with E-state index in [0.717, 1.165) is 28.8 Å². The van der Waals surface area contributed by atoms with Crippen molar-refractivity contribution < 1.29 is 27.5 Å². The molecule has 0 fully saturated rings. The van der Waals surface area contributed by atoms with E-state index in [-0.39, 0.29) is 5.56 Å². The zero-order chi connectivity index (χ0) is 25.0. The fourth-order valence-corrected chi connectivity index (χ4v) is 3.62. The summed E-state index contributed by atoms with van der Waals surface area (Å²) in [4.78, 5) is 32.7. The van der Waals surface area contributed by atoms with Crippen molar-refractivity contribution in [1.29, 1.82) is 0 Å². The van der Waals surface area contributed by atoms with Crippen LogP contribution in [0.15, 0.2) is 73.1 Å². The third-order valence-corrected chi connectivity index (χ3v) is 5.20. The predicted octanol–water partition coefficient (Wildman–Crippen LogP) is 4.66. The van der Waals surface area contributed by atoms with E-state index >= 15 is 0 Å². The van der Waals surface area contributed by atoms with Gasteiger partial charge in [0.1, 0.15) is 12.1 Å². The Hall–Kier alpha value is -4.47. The summed E-state index contributed by atoms with van der Waals surface area (Å²) in [6.45, 7) is 0. The number of halogens is 3. The maximum atomic E-state index is 12.5. The summed E-state index contributed by atoms with van der Waals surface area (Å²) in [7, 11) is 0. The molecular formula is C25H19F3N4O3. The van der Waals surface area contributed by atoms with Crippen LogP contribution in [0.1, 0.15) is 32.0 Å². The second kappa shape index (κ2) is 9.80. The minimum atomic E-state index is -4.80. The van der Waals surface area contributed by atoms with Gasteiger partial charge < -0.3 is 15.8 Å². The molecule has 0 spiro atoms. The van der Waals surface area contributed by atoms with Crippen LogP contribution in [-0.4, -0.2) is 28.1 Å². The number of nitrogens with zero attached hydrogens (tertiary/aromatic N) is 2. The average molecular weight is 480 g/mol. The van der Waals surface area contributed by atoms with Gasteiger partial charge in [-0.05, 0) is 60.9 Å². The molecule has 0 radical (unpaired) electrons. The van der Waals surface area contributed by atoms with Gasteiger partial charge in [0.15, 0.2) is 0 Å². The second-order valence-corrected chi connectivity index (χ2v) is 7.61. The number of benzene rings is 3. The first-order chi connectivity index (χ1) is 16.7. The molecule has 3 aromatic carbocycles. The number of aryl methyl sites for hydroxylation is 2. The summed E-state index contributed by atoms with van der Waals surface area (Å²) >= 11 is 0. The monoisotopic (exact) mass is 480 g/mol. The fraction of sp³-hybridized carbons (Fsp3) is 0.120. The summed E-state index contributed by atoms with van der Waals surface area (Å²) in [5.74, 6) is -1.44. The largest absolute Gasteiger partial charge is 0.573 e. The van der Waals surface area contributed by atoms with Crippen LogP contribution < -0.4 is 15.8 Å². The van der Waals surface area contributed by atoms with Gasteiger partial charge in [-0.2, -0.15) is 0 Å². The van der Waals surface area contributed by atoms with E-state index in [4.69, 9.17) is 5.73 Å². The first-order valence-corrected chi connectivity index (χ1v) is 10.5. The summed E-state index contributed by atoms with van der Waals surface area (Å²) in [6, 6.07) is 17.0. The molecule has 0 bridgehead atoms. The van der Waals surface area contributed by atoms with E-state index in [1.54, 1.807) is 30.3 Å². The predicted molar refractivity (Wildman–Crippen MR) is 123 cm³/mol. The van der Waals surface area contributed by atoms with Gasteiger partial charge in [-0.15, -0.1) is 13.2 Å². The standard InChI is InChI=1S/C25H19F3N4O3/c26-25(27,28)35-18-10-8-16(9-11-18)24(34)32-17-4-1-3-15(13-17)7-12-21-19-5-2-6-20(23(29)33)22(19)31-14-30-21/h1-6,8-11,13-14H,7,12H2,(H2,29,33)(H,32,34). The maximum Gasteiger partial charge on any atom is 0.573 e. The Morgan fingerprint density at radius 1 is 0.943 bits per heavy atom. The van der Waals surface area contributed by atoms with Crippen LogP contribution in [0.2, 0.25) is 0 Å². The number of fused-ring (bicyclic) bond motifs is 1.